The van der Waals surface area contributed by atoms with Crippen molar-refractivity contribution in [3.8, 4) is 0 Å². The van der Waals surface area contributed by atoms with Crippen molar-refractivity contribution in [2.45, 2.75) is 74.2 Å². The van der Waals surface area contributed by atoms with Gasteiger partial charge in [-0.1, -0.05) is 72.4 Å². The summed E-state index contributed by atoms with van der Waals surface area (Å²) in [6, 6.07) is 21.7. The predicted octanol–water partition coefficient (Wildman–Crippen LogP) is 5.00. The van der Waals surface area contributed by atoms with E-state index in [1.54, 1.807) is 20.8 Å². The molecule has 1 fully saturated rings. The summed E-state index contributed by atoms with van der Waals surface area (Å²) in [6.45, 7) is 7.55. The van der Waals surface area contributed by atoms with Crippen LogP contribution in [0.4, 0.5) is 4.79 Å². The number of thiophene rings is 1. The molecule has 2 aliphatic heterocycles. The number of β-lactam (4-membered cyclic amide) rings is 1. The van der Waals surface area contributed by atoms with E-state index >= 15 is 0 Å². The highest BCUT2D eigenvalue weighted by Gasteiger charge is 2.55. The van der Waals surface area contributed by atoms with Crippen LogP contribution >= 0.6 is 34.9 Å². The average molecular weight is 748 g/mol. The molecule has 0 radical (unpaired) electrons. The van der Waals surface area contributed by atoms with Gasteiger partial charge in [-0.05, 0) is 61.7 Å². The van der Waals surface area contributed by atoms with Crippen molar-refractivity contribution < 1.29 is 28.7 Å². The first-order valence-corrected chi connectivity index (χ1v) is 18.9. The third kappa shape index (κ3) is 8.80. The summed E-state index contributed by atoms with van der Waals surface area (Å²) in [5, 5.41) is 19.4. The molecule has 0 bridgehead atoms. The van der Waals surface area contributed by atoms with Crippen molar-refractivity contribution in [2.24, 2.45) is 0 Å². The molecule has 16 heteroatoms. The Hall–Kier alpha value is -4.67. The van der Waals surface area contributed by atoms with E-state index in [2.05, 4.69) is 31.3 Å². The maximum absolute atomic E-state index is 14.3. The van der Waals surface area contributed by atoms with Crippen molar-refractivity contribution in [1.82, 2.24) is 36.2 Å². The van der Waals surface area contributed by atoms with Crippen LogP contribution < -0.4 is 10.6 Å². The summed E-state index contributed by atoms with van der Waals surface area (Å²) in [5.41, 5.74) is 1.82. The van der Waals surface area contributed by atoms with Crippen molar-refractivity contribution in [3.63, 3.8) is 0 Å². The van der Waals surface area contributed by atoms with Gasteiger partial charge >= 0.3 is 12.1 Å². The van der Waals surface area contributed by atoms with Crippen molar-refractivity contribution in [1.29, 1.82) is 0 Å². The summed E-state index contributed by atoms with van der Waals surface area (Å²) >= 11 is 4.17. The number of hydrogen-bond acceptors (Lipinski definition) is 12. The van der Waals surface area contributed by atoms with Gasteiger partial charge < -0.3 is 20.1 Å². The zero-order chi connectivity index (χ0) is 36.1. The lowest BCUT2D eigenvalue weighted by atomic mass is 10.00. The number of hydrogen-bond donors (Lipinski definition) is 3. The van der Waals surface area contributed by atoms with Crippen LogP contribution in [-0.2, 0) is 36.8 Å². The minimum Gasteiger partial charge on any atom is -0.448 e. The Labute approximate surface area is 307 Å². The number of nitrogens with zero attached hydrogens (tertiary/aromatic N) is 4. The van der Waals surface area contributed by atoms with Crippen LogP contribution in [0.15, 0.2) is 89.2 Å². The molecule has 4 aromatic rings. The molecule has 1 saturated heterocycles. The molecule has 51 heavy (non-hydrogen) atoms. The normalized spacial score (nSPS) is 17.7. The molecule has 3 atom stereocenters. The van der Waals surface area contributed by atoms with Gasteiger partial charge in [-0.2, -0.15) is 5.21 Å². The second kappa shape index (κ2) is 15.7. The number of alkyl carbamates (subject to hydrolysis) is 1. The summed E-state index contributed by atoms with van der Waals surface area (Å²) in [7, 11) is 0. The number of nitrogens with one attached hydrogen (secondary N) is 3. The Morgan fingerprint density at radius 2 is 1.69 bits per heavy atom. The first kappa shape index (κ1) is 36.1. The van der Waals surface area contributed by atoms with Gasteiger partial charge in [0.15, 0.2) is 6.10 Å². The van der Waals surface area contributed by atoms with E-state index in [9.17, 15) is 19.2 Å². The fraction of sp³-hybridized carbons (Fsp3) is 0.343. The minimum atomic E-state index is -0.820. The number of carbonyl (C=O) groups is 4. The van der Waals surface area contributed by atoms with Crippen molar-refractivity contribution >= 4 is 58.7 Å². The van der Waals surface area contributed by atoms with Crippen LogP contribution in [0.2, 0.25) is 0 Å². The maximum Gasteiger partial charge on any atom is 0.407 e. The van der Waals surface area contributed by atoms with E-state index in [-0.39, 0.29) is 29.8 Å². The van der Waals surface area contributed by atoms with Crippen LogP contribution in [0.1, 0.15) is 54.7 Å². The summed E-state index contributed by atoms with van der Waals surface area (Å²) in [5.74, 6) is -0.948. The molecule has 0 saturated carbocycles. The highest BCUT2D eigenvalue weighted by Crippen LogP contribution is 2.44. The van der Waals surface area contributed by atoms with Gasteiger partial charge in [0.25, 0.3) is 5.91 Å². The molecule has 0 spiro atoms. The van der Waals surface area contributed by atoms with Crippen LogP contribution in [0.25, 0.3) is 0 Å². The zero-order valence-electron chi connectivity index (χ0n) is 28.3. The standard InChI is InChI=1S/C35H37N7O6S3/c1-20(50-33-38-40-41-39-33)25-19-49-31-27(37-26(43)17-23-15-16-24(51-23)18-36-34(46)48-35(2,3)4)30(44)42(31)28(25)32(45)47-29(21-11-7-5-8-12-21)22-13-9-6-10-14-22/h5-16,20,27,29,31H,17-19H2,1-4H3,(H,36,46)(H,37,43)(H,38,39,40,41)/t20?,27-,31-/m1/s1. The number of aromatic amines is 1. The molecule has 1 unspecified atom stereocenters. The molecule has 3 amide bonds. The Morgan fingerprint density at radius 3 is 2.31 bits per heavy atom. The smallest absolute Gasteiger partial charge is 0.407 e. The lowest BCUT2D eigenvalue weighted by Crippen LogP contribution is -2.71. The molecule has 13 nitrogen and oxygen atoms in total. The maximum atomic E-state index is 14.3. The number of rotatable bonds is 12. The number of amides is 3. The van der Waals surface area contributed by atoms with Crippen LogP contribution in [0.5, 0.6) is 0 Å². The van der Waals surface area contributed by atoms with Crippen LogP contribution in [-0.4, -0.2) is 77.4 Å². The molecule has 2 aliphatic rings. The first-order valence-electron chi connectivity index (χ1n) is 16.2. The number of thioether (sulfide) groups is 2. The molecule has 2 aromatic carbocycles. The fourth-order valence-corrected chi connectivity index (χ4v) is 8.96. The molecule has 0 aliphatic carbocycles. The van der Waals surface area contributed by atoms with E-state index in [0.29, 0.717) is 16.5 Å². The van der Waals surface area contributed by atoms with Crippen LogP contribution in [0, 0.1) is 0 Å². The Bertz CT molecular complexity index is 1860. The molecular formula is C35H37N7O6S3. The van der Waals surface area contributed by atoms with E-state index < -0.39 is 41.1 Å². The summed E-state index contributed by atoms with van der Waals surface area (Å²) in [6.07, 6.45) is -1.18. The second-order valence-corrected chi connectivity index (χ2v) is 16.5. The SMILES string of the molecule is CC(Sc1nn[nH]n1)C1=C(C(=O)OC(c2ccccc2)c2ccccc2)N2C(=O)[C@@H](NC(=O)Cc3ccc(CNC(=O)OC(C)(C)C)s3)[C@H]2SC1. The second-order valence-electron chi connectivity index (χ2n) is 12.8. The topological polar surface area (TPSA) is 168 Å². The number of aromatic nitrogens is 4. The van der Waals surface area contributed by atoms with Gasteiger partial charge in [-0.3, -0.25) is 14.5 Å². The van der Waals surface area contributed by atoms with E-state index in [4.69, 9.17) is 9.47 Å². The summed E-state index contributed by atoms with van der Waals surface area (Å²) in [4.78, 5) is 56.4. The first-order chi connectivity index (χ1) is 24.5. The Balaban J connectivity index is 1.17. The number of esters is 1. The van der Waals surface area contributed by atoms with E-state index in [1.165, 1.54) is 39.8 Å². The molecule has 2 aromatic heterocycles. The minimum absolute atomic E-state index is 0.0580. The van der Waals surface area contributed by atoms with Gasteiger partial charge in [-0.25, -0.2) is 9.59 Å². The number of H-pyrrole nitrogens is 1. The van der Waals surface area contributed by atoms with Gasteiger partial charge in [0.2, 0.25) is 11.1 Å². The molecule has 4 heterocycles. The van der Waals surface area contributed by atoms with Crippen molar-refractivity contribution in [3.05, 3.63) is 105 Å². The Morgan fingerprint density at radius 1 is 1.02 bits per heavy atom. The third-order valence-corrected chi connectivity index (χ3v) is 11.3. The van der Waals surface area contributed by atoms with Gasteiger partial charge in [0.1, 0.15) is 22.7 Å². The molecule has 266 valence electrons. The van der Waals surface area contributed by atoms with Gasteiger partial charge in [-0.15, -0.1) is 33.3 Å². The third-order valence-electron chi connectivity index (χ3n) is 7.89. The predicted molar refractivity (Wildman–Crippen MR) is 193 cm³/mol. The highest BCUT2D eigenvalue weighted by atomic mass is 32.2. The number of tetrazole rings is 1. The lowest BCUT2D eigenvalue weighted by molar-refractivity contribution is -0.154. The largest absolute Gasteiger partial charge is 0.448 e. The zero-order valence-corrected chi connectivity index (χ0v) is 30.8. The highest BCUT2D eigenvalue weighted by molar-refractivity contribution is 8.01. The Kier molecular flexibility index (Phi) is 11.1. The molecular weight excluding hydrogens is 711 g/mol. The van der Waals surface area contributed by atoms with Crippen molar-refractivity contribution in [2.75, 3.05) is 5.75 Å². The van der Waals surface area contributed by atoms with E-state index in [1.807, 2.05) is 79.7 Å². The fourth-order valence-electron chi connectivity index (χ4n) is 5.59. The van der Waals surface area contributed by atoms with Gasteiger partial charge in [0.05, 0.1) is 13.0 Å². The van der Waals surface area contributed by atoms with Crippen LogP contribution in [0.3, 0.4) is 0 Å². The average Bonchev–Trinajstić information content (AvgIpc) is 3.80. The number of benzene rings is 2. The van der Waals surface area contributed by atoms with E-state index in [0.717, 1.165) is 20.9 Å². The monoisotopic (exact) mass is 747 g/mol. The molecule has 3 N–H and O–H groups in total. The summed E-state index contributed by atoms with van der Waals surface area (Å²) < 4.78 is 11.5. The number of ether oxygens (including phenoxy) is 2. The quantitative estimate of drug-likeness (QED) is 0.101. The number of fused-ring (bicyclic) bond motifs is 1. The molecule has 6 rings (SSSR count). The number of carbonyl (C=O) groups excluding carboxylic acids is 4. The lowest BCUT2D eigenvalue weighted by Gasteiger charge is -2.50. The van der Waals surface area contributed by atoms with Gasteiger partial charge in [0, 0.05) is 20.8 Å².